The van der Waals surface area contributed by atoms with Crippen molar-refractivity contribution in [3.63, 3.8) is 0 Å². The maximum atomic E-state index is 12.6. The molecule has 0 spiro atoms. The molecule has 2 heterocycles. The van der Waals surface area contributed by atoms with Gasteiger partial charge in [-0.3, -0.25) is 9.69 Å². The summed E-state index contributed by atoms with van der Waals surface area (Å²) in [5.41, 5.74) is 5.76. The number of rotatable bonds is 6. The average molecular weight is 390 g/mol. The first-order chi connectivity index (χ1) is 14.2. The molecule has 4 heteroatoms. The molecule has 1 aliphatic rings. The maximum Gasteiger partial charge on any atom is 0.224 e. The second kappa shape index (κ2) is 9.27. The van der Waals surface area contributed by atoms with E-state index in [1.807, 2.05) is 19.1 Å². The number of nitrogens with zero attached hydrogens (tertiary/aromatic N) is 1. The SMILES string of the molecule is Cc1[nH]c2ccccc2c1CC(=O)NCc1cccc(CN2CCCCCC2)c1. The Morgan fingerprint density at radius 2 is 1.76 bits per heavy atom. The minimum Gasteiger partial charge on any atom is -0.358 e. The van der Waals surface area contributed by atoms with Crippen molar-refractivity contribution < 1.29 is 4.79 Å². The summed E-state index contributed by atoms with van der Waals surface area (Å²) in [4.78, 5) is 18.5. The lowest BCUT2D eigenvalue weighted by Crippen LogP contribution is -2.25. The van der Waals surface area contributed by atoms with Crippen molar-refractivity contribution in [3.05, 3.63) is 70.9 Å². The van der Waals surface area contributed by atoms with Crippen LogP contribution < -0.4 is 5.32 Å². The molecule has 3 aromatic rings. The van der Waals surface area contributed by atoms with Gasteiger partial charge in [0.05, 0.1) is 6.42 Å². The first-order valence-corrected chi connectivity index (χ1v) is 10.8. The average Bonchev–Trinajstić information content (AvgIpc) is 2.88. The first kappa shape index (κ1) is 19.7. The lowest BCUT2D eigenvalue weighted by Gasteiger charge is -2.20. The van der Waals surface area contributed by atoms with E-state index in [-0.39, 0.29) is 5.91 Å². The number of fused-ring (bicyclic) bond motifs is 1. The van der Waals surface area contributed by atoms with Crippen molar-refractivity contribution in [1.82, 2.24) is 15.2 Å². The van der Waals surface area contributed by atoms with Crippen LogP contribution in [-0.4, -0.2) is 28.9 Å². The van der Waals surface area contributed by atoms with Gasteiger partial charge in [0.25, 0.3) is 0 Å². The summed E-state index contributed by atoms with van der Waals surface area (Å²) in [6.45, 7) is 6.02. The summed E-state index contributed by atoms with van der Waals surface area (Å²) >= 11 is 0. The zero-order valence-electron chi connectivity index (χ0n) is 17.3. The van der Waals surface area contributed by atoms with E-state index in [4.69, 9.17) is 0 Å². The molecule has 0 radical (unpaired) electrons. The molecule has 2 aromatic carbocycles. The molecule has 0 unspecified atom stereocenters. The van der Waals surface area contributed by atoms with E-state index in [0.717, 1.165) is 28.7 Å². The number of carbonyl (C=O) groups is 1. The fraction of sp³-hybridized carbons (Fsp3) is 0.400. The third-order valence-corrected chi connectivity index (χ3v) is 5.95. The summed E-state index contributed by atoms with van der Waals surface area (Å²) < 4.78 is 0. The second-order valence-corrected chi connectivity index (χ2v) is 8.24. The molecule has 1 fully saturated rings. The Bertz CT molecular complexity index is 967. The maximum absolute atomic E-state index is 12.6. The van der Waals surface area contributed by atoms with Crippen LogP contribution in [0.15, 0.2) is 48.5 Å². The highest BCUT2D eigenvalue weighted by Crippen LogP contribution is 2.22. The molecule has 0 bridgehead atoms. The lowest BCUT2D eigenvalue weighted by atomic mass is 10.1. The molecule has 152 valence electrons. The van der Waals surface area contributed by atoms with Crippen molar-refractivity contribution in [1.29, 1.82) is 0 Å². The van der Waals surface area contributed by atoms with Gasteiger partial charge in [-0.2, -0.15) is 0 Å². The Labute approximate surface area is 173 Å². The van der Waals surface area contributed by atoms with Gasteiger partial charge in [0.1, 0.15) is 0 Å². The predicted molar refractivity (Wildman–Crippen MR) is 119 cm³/mol. The molecule has 1 aliphatic heterocycles. The Morgan fingerprint density at radius 3 is 2.59 bits per heavy atom. The number of aromatic nitrogens is 1. The molecular formula is C25H31N3O. The number of likely N-dealkylation sites (tertiary alicyclic amines) is 1. The predicted octanol–water partition coefficient (Wildman–Crippen LogP) is 4.71. The van der Waals surface area contributed by atoms with E-state index < -0.39 is 0 Å². The van der Waals surface area contributed by atoms with Gasteiger partial charge in [-0.1, -0.05) is 55.3 Å². The Balaban J connectivity index is 1.35. The van der Waals surface area contributed by atoms with Crippen LogP contribution in [0.5, 0.6) is 0 Å². The molecule has 4 rings (SSSR count). The van der Waals surface area contributed by atoms with Crippen LogP contribution >= 0.6 is 0 Å². The molecule has 29 heavy (non-hydrogen) atoms. The van der Waals surface area contributed by atoms with Crippen LogP contribution in [0.25, 0.3) is 10.9 Å². The smallest absolute Gasteiger partial charge is 0.224 e. The second-order valence-electron chi connectivity index (χ2n) is 8.24. The topological polar surface area (TPSA) is 48.1 Å². The van der Waals surface area contributed by atoms with Gasteiger partial charge < -0.3 is 10.3 Å². The fourth-order valence-corrected chi connectivity index (χ4v) is 4.38. The summed E-state index contributed by atoms with van der Waals surface area (Å²) in [5, 5.41) is 4.24. The van der Waals surface area contributed by atoms with E-state index in [1.165, 1.54) is 49.9 Å². The van der Waals surface area contributed by atoms with E-state index in [1.54, 1.807) is 0 Å². The van der Waals surface area contributed by atoms with E-state index in [9.17, 15) is 4.79 Å². The summed E-state index contributed by atoms with van der Waals surface area (Å²) in [6, 6.07) is 16.8. The Hall–Kier alpha value is -2.59. The molecule has 0 atom stereocenters. The number of hydrogen-bond acceptors (Lipinski definition) is 2. The van der Waals surface area contributed by atoms with Crippen LogP contribution in [0.1, 0.15) is 48.1 Å². The van der Waals surface area contributed by atoms with Crippen LogP contribution in [0.4, 0.5) is 0 Å². The third kappa shape index (κ3) is 5.07. The van der Waals surface area contributed by atoms with E-state index in [0.29, 0.717) is 13.0 Å². The Morgan fingerprint density at radius 1 is 1.00 bits per heavy atom. The van der Waals surface area contributed by atoms with Crippen LogP contribution in [0.3, 0.4) is 0 Å². The normalized spacial score (nSPS) is 15.3. The van der Waals surface area contributed by atoms with Crippen molar-refractivity contribution in [2.45, 2.75) is 52.1 Å². The van der Waals surface area contributed by atoms with Gasteiger partial charge in [0.2, 0.25) is 5.91 Å². The van der Waals surface area contributed by atoms with Crippen molar-refractivity contribution in [2.24, 2.45) is 0 Å². The van der Waals surface area contributed by atoms with Gasteiger partial charge in [-0.05, 0) is 55.6 Å². The molecule has 1 saturated heterocycles. The zero-order valence-corrected chi connectivity index (χ0v) is 17.3. The molecule has 0 aliphatic carbocycles. The highest BCUT2D eigenvalue weighted by Gasteiger charge is 2.13. The van der Waals surface area contributed by atoms with Crippen molar-refractivity contribution >= 4 is 16.8 Å². The standard InChI is InChI=1S/C25H31N3O/c1-19-23(22-11-4-5-12-24(22)27-19)16-25(29)26-17-20-9-8-10-21(15-20)18-28-13-6-2-3-7-14-28/h4-5,8-12,15,27H,2-3,6-7,13-14,16-18H2,1H3,(H,26,29). The fourth-order valence-electron chi connectivity index (χ4n) is 4.38. The first-order valence-electron chi connectivity index (χ1n) is 10.8. The molecule has 1 amide bonds. The highest BCUT2D eigenvalue weighted by molar-refractivity contribution is 5.90. The van der Waals surface area contributed by atoms with E-state index >= 15 is 0 Å². The summed E-state index contributed by atoms with van der Waals surface area (Å²) in [7, 11) is 0. The Kier molecular flexibility index (Phi) is 6.30. The molecule has 4 nitrogen and oxygen atoms in total. The zero-order chi connectivity index (χ0) is 20.1. The highest BCUT2D eigenvalue weighted by atomic mass is 16.1. The molecule has 0 saturated carbocycles. The molecule has 2 N–H and O–H groups in total. The van der Waals surface area contributed by atoms with Gasteiger partial charge in [0, 0.05) is 29.7 Å². The quantitative estimate of drug-likeness (QED) is 0.641. The minimum absolute atomic E-state index is 0.0655. The largest absolute Gasteiger partial charge is 0.358 e. The summed E-state index contributed by atoms with van der Waals surface area (Å²) in [5.74, 6) is 0.0655. The summed E-state index contributed by atoms with van der Waals surface area (Å²) in [6.07, 6.45) is 5.74. The number of benzene rings is 2. The van der Waals surface area contributed by atoms with Crippen LogP contribution in [0.2, 0.25) is 0 Å². The number of amides is 1. The molecule has 1 aromatic heterocycles. The number of aryl methyl sites for hydroxylation is 1. The number of hydrogen-bond donors (Lipinski definition) is 2. The van der Waals surface area contributed by atoms with Gasteiger partial charge >= 0.3 is 0 Å². The molecular weight excluding hydrogens is 358 g/mol. The minimum atomic E-state index is 0.0655. The number of nitrogens with one attached hydrogen (secondary N) is 2. The number of carbonyl (C=O) groups excluding carboxylic acids is 1. The van der Waals surface area contributed by atoms with Crippen LogP contribution in [0, 0.1) is 6.92 Å². The lowest BCUT2D eigenvalue weighted by molar-refractivity contribution is -0.120. The third-order valence-electron chi connectivity index (χ3n) is 5.95. The van der Waals surface area contributed by atoms with Gasteiger partial charge in [0.15, 0.2) is 0 Å². The van der Waals surface area contributed by atoms with Gasteiger partial charge in [-0.25, -0.2) is 0 Å². The van der Waals surface area contributed by atoms with Crippen LogP contribution in [-0.2, 0) is 24.3 Å². The number of aromatic amines is 1. The van der Waals surface area contributed by atoms with Crippen molar-refractivity contribution in [2.75, 3.05) is 13.1 Å². The van der Waals surface area contributed by atoms with Gasteiger partial charge in [-0.15, -0.1) is 0 Å². The van der Waals surface area contributed by atoms with E-state index in [2.05, 4.69) is 51.6 Å². The van der Waals surface area contributed by atoms with Crippen molar-refractivity contribution in [3.8, 4) is 0 Å². The number of H-pyrrole nitrogens is 1. The monoisotopic (exact) mass is 389 g/mol. The number of para-hydroxylation sites is 1.